The Balaban J connectivity index is 1.31. The van der Waals surface area contributed by atoms with Crippen molar-refractivity contribution in [1.82, 2.24) is 4.98 Å². The van der Waals surface area contributed by atoms with E-state index in [4.69, 9.17) is 4.98 Å². The molecule has 1 heterocycles. The van der Waals surface area contributed by atoms with Crippen molar-refractivity contribution in [2.24, 2.45) is 0 Å². The van der Waals surface area contributed by atoms with E-state index in [2.05, 4.69) is 200 Å². The summed E-state index contributed by atoms with van der Waals surface area (Å²) in [6.45, 7) is 0. The Kier molecular flexibility index (Phi) is 7.22. The van der Waals surface area contributed by atoms with Gasteiger partial charge in [0, 0.05) is 16.7 Å². The molecule has 0 atom stereocenters. The van der Waals surface area contributed by atoms with Gasteiger partial charge < -0.3 is 0 Å². The Hall–Kier alpha value is -6.83. The third kappa shape index (κ3) is 5.14. The molecular weight excluding hydrogens is 627 g/mol. The normalized spacial score (nSPS) is 11.5. The van der Waals surface area contributed by atoms with Crippen molar-refractivity contribution < 1.29 is 0 Å². The minimum absolute atomic E-state index is 0.959. The van der Waals surface area contributed by atoms with Gasteiger partial charge in [-0.2, -0.15) is 0 Å². The highest BCUT2D eigenvalue weighted by Gasteiger charge is 2.20. The fourth-order valence-electron chi connectivity index (χ4n) is 7.94. The van der Waals surface area contributed by atoms with Crippen molar-refractivity contribution in [3.63, 3.8) is 0 Å². The number of hydrogen-bond acceptors (Lipinski definition) is 1. The molecule has 0 radical (unpaired) electrons. The number of nitrogens with zero attached hydrogens (tertiary/aromatic N) is 1. The number of aromatic nitrogens is 1. The molecule has 10 aromatic rings. The fraction of sp³-hybridized carbons (Fsp3) is 0. The molecule has 1 nitrogen and oxygen atoms in total. The molecule has 242 valence electrons. The first-order valence-electron chi connectivity index (χ1n) is 17.9. The van der Waals surface area contributed by atoms with Crippen molar-refractivity contribution in [1.29, 1.82) is 0 Å². The summed E-state index contributed by atoms with van der Waals surface area (Å²) >= 11 is 0. The number of fused-ring (bicyclic) bond motifs is 4. The van der Waals surface area contributed by atoms with Gasteiger partial charge in [0.15, 0.2) is 0 Å². The third-order valence-electron chi connectivity index (χ3n) is 10.4. The zero-order valence-corrected chi connectivity index (χ0v) is 28.5. The van der Waals surface area contributed by atoms with Crippen LogP contribution in [0.2, 0.25) is 0 Å². The van der Waals surface area contributed by atoms with Gasteiger partial charge in [-0.1, -0.05) is 176 Å². The standard InChI is InChI=1S/C51H33N/c1-3-15-36(16-4-1)43-29-30-48(37-17-5-2-6-18-37)52-51(43)42-27-28-46-47(33-42)50(41-26-24-35-14-8-10-20-39(35)32-41)45-22-12-11-21-44(45)49(46)40-25-23-34-13-7-9-19-38(34)31-40/h1-33H. The van der Waals surface area contributed by atoms with E-state index in [1.165, 1.54) is 65.3 Å². The first-order chi connectivity index (χ1) is 25.8. The van der Waals surface area contributed by atoms with E-state index in [-0.39, 0.29) is 0 Å². The fourth-order valence-corrected chi connectivity index (χ4v) is 7.94. The van der Waals surface area contributed by atoms with E-state index in [1.54, 1.807) is 0 Å². The van der Waals surface area contributed by atoms with Gasteiger partial charge in [0.25, 0.3) is 0 Å². The smallest absolute Gasteiger partial charge is 0.0788 e. The maximum absolute atomic E-state index is 5.42. The Morgan fingerprint density at radius 2 is 0.750 bits per heavy atom. The van der Waals surface area contributed by atoms with Crippen LogP contribution in [0.1, 0.15) is 0 Å². The van der Waals surface area contributed by atoms with Crippen LogP contribution in [0.15, 0.2) is 200 Å². The van der Waals surface area contributed by atoms with E-state index < -0.39 is 0 Å². The van der Waals surface area contributed by atoms with Gasteiger partial charge in [0.2, 0.25) is 0 Å². The second kappa shape index (κ2) is 12.5. The first kappa shape index (κ1) is 30.0. The second-order valence-electron chi connectivity index (χ2n) is 13.5. The predicted octanol–water partition coefficient (Wildman–Crippen LogP) is 14.0. The van der Waals surface area contributed by atoms with Gasteiger partial charge in [-0.25, -0.2) is 4.98 Å². The Bertz CT molecular complexity index is 2940. The SMILES string of the molecule is c1ccc(-c2ccc(-c3ccccc3)c(-c3ccc4c(-c5ccc6ccccc6c5)c5ccccc5c(-c5ccc6ccccc6c5)c4c3)n2)cc1. The molecule has 10 rings (SSSR count). The molecule has 0 aliphatic heterocycles. The zero-order valence-electron chi connectivity index (χ0n) is 28.5. The highest BCUT2D eigenvalue weighted by atomic mass is 14.7. The molecule has 0 unspecified atom stereocenters. The van der Waals surface area contributed by atoms with Crippen LogP contribution in [0.3, 0.4) is 0 Å². The second-order valence-corrected chi connectivity index (χ2v) is 13.5. The highest BCUT2D eigenvalue weighted by molar-refractivity contribution is 6.22. The molecular formula is C51H33N. The summed E-state index contributed by atoms with van der Waals surface area (Å²) in [7, 11) is 0. The molecule has 0 bridgehead atoms. The van der Waals surface area contributed by atoms with Crippen LogP contribution in [0.5, 0.6) is 0 Å². The van der Waals surface area contributed by atoms with Crippen LogP contribution in [0, 0.1) is 0 Å². The van der Waals surface area contributed by atoms with Crippen molar-refractivity contribution in [3.05, 3.63) is 200 Å². The molecule has 0 N–H and O–H groups in total. The van der Waals surface area contributed by atoms with E-state index >= 15 is 0 Å². The van der Waals surface area contributed by atoms with Crippen LogP contribution >= 0.6 is 0 Å². The van der Waals surface area contributed by atoms with Gasteiger partial charge in [-0.15, -0.1) is 0 Å². The van der Waals surface area contributed by atoms with Crippen molar-refractivity contribution in [2.45, 2.75) is 0 Å². The molecule has 0 saturated heterocycles. The highest BCUT2D eigenvalue weighted by Crippen LogP contribution is 2.46. The van der Waals surface area contributed by atoms with Crippen LogP contribution in [-0.4, -0.2) is 4.98 Å². The van der Waals surface area contributed by atoms with Crippen LogP contribution in [0.25, 0.3) is 99.0 Å². The Morgan fingerprint density at radius 3 is 1.37 bits per heavy atom. The molecule has 0 aliphatic carbocycles. The number of pyridine rings is 1. The van der Waals surface area contributed by atoms with E-state index in [9.17, 15) is 0 Å². The van der Waals surface area contributed by atoms with E-state index in [0.717, 1.165) is 33.6 Å². The topological polar surface area (TPSA) is 12.9 Å². The van der Waals surface area contributed by atoms with Crippen LogP contribution in [0.4, 0.5) is 0 Å². The largest absolute Gasteiger partial charge is 0.247 e. The molecule has 52 heavy (non-hydrogen) atoms. The van der Waals surface area contributed by atoms with Crippen molar-refractivity contribution >= 4 is 43.1 Å². The average Bonchev–Trinajstić information content (AvgIpc) is 3.22. The molecule has 0 spiro atoms. The third-order valence-corrected chi connectivity index (χ3v) is 10.4. The molecule has 0 fully saturated rings. The summed E-state index contributed by atoms with van der Waals surface area (Å²) in [5.74, 6) is 0. The number of hydrogen-bond donors (Lipinski definition) is 0. The minimum Gasteiger partial charge on any atom is -0.247 e. The van der Waals surface area contributed by atoms with Crippen LogP contribution < -0.4 is 0 Å². The summed E-state index contributed by atoms with van der Waals surface area (Å²) in [5.41, 5.74) is 11.3. The predicted molar refractivity (Wildman–Crippen MR) is 221 cm³/mol. The summed E-state index contributed by atoms with van der Waals surface area (Å²) < 4.78 is 0. The molecule has 1 aromatic heterocycles. The summed E-state index contributed by atoms with van der Waals surface area (Å²) in [5, 5.41) is 9.87. The summed E-state index contributed by atoms with van der Waals surface area (Å²) in [6.07, 6.45) is 0. The maximum Gasteiger partial charge on any atom is 0.0788 e. The molecule has 0 amide bonds. The van der Waals surface area contributed by atoms with E-state index in [0.29, 0.717) is 0 Å². The van der Waals surface area contributed by atoms with Gasteiger partial charge >= 0.3 is 0 Å². The minimum atomic E-state index is 0.959. The Labute approximate surface area is 303 Å². The lowest BCUT2D eigenvalue weighted by atomic mass is 9.84. The summed E-state index contributed by atoms with van der Waals surface area (Å²) in [4.78, 5) is 5.42. The number of rotatable bonds is 5. The molecule has 9 aromatic carbocycles. The van der Waals surface area contributed by atoms with Gasteiger partial charge in [-0.3, -0.25) is 0 Å². The van der Waals surface area contributed by atoms with Crippen molar-refractivity contribution in [2.75, 3.05) is 0 Å². The maximum atomic E-state index is 5.42. The molecule has 0 saturated carbocycles. The molecule has 0 aliphatic rings. The zero-order chi connectivity index (χ0) is 34.4. The van der Waals surface area contributed by atoms with Gasteiger partial charge in [0.1, 0.15) is 0 Å². The van der Waals surface area contributed by atoms with Crippen LogP contribution in [-0.2, 0) is 0 Å². The van der Waals surface area contributed by atoms with Crippen molar-refractivity contribution in [3.8, 4) is 55.9 Å². The lowest BCUT2D eigenvalue weighted by Gasteiger charge is -2.20. The summed E-state index contributed by atoms with van der Waals surface area (Å²) in [6, 6.07) is 72.4. The van der Waals surface area contributed by atoms with Gasteiger partial charge in [0.05, 0.1) is 11.4 Å². The lowest BCUT2D eigenvalue weighted by Crippen LogP contribution is -1.95. The number of benzene rings is 9. The Morgan fingerprint density at radius 1 is 0.269 bits per heavy atom. The first-order valence-corrected chi connectivity index (χ1v) is 17.9. The lowest BCUT2D eigenvalue weighted by molar-refractivity contribution is 1.32. The quantitative estimate of drug-likeness (QED) is 0.168. The van der Waals surface area contributed by atoms with E-state index in [1.807, 2.05) is 0 Å². The van der Waals surface area contributed by atoms with Gasteiger partial charge in [-0.05, 0) is 95.2 Å². The monoisotopic (exact) mass is 659 g/mol. The molecule has 1 heteroatoms. The average molecular weight is 660 g/mol.